The van der Waals surface area contributed by atoms with Crippen LogP contribution in [-0.4, -0.2) is 31.6 Å². The first-order chi connectivity index (χ1) is 6.77. The number of ether oxygens (including phenoxy) is 1. The highest BCUT2D eigenvalue weighted by molar-refractivity contribution is 5.28. The molecule has 0 saturated heterocycles. The van der Waals surface area contributed by atoms with E-state index in [0.29, 0.717) is 0 Å². The lowest BCUT2D eigenvalue weighted by Gasteiger charge is -2.11. The zero-order chi connectivity index (χ0) is 11.0. The molecule has 1 rings (SSSR count). The van der Waals surface area contributed by atoms with Crippen molar-refractivity contribution < 1.29 is 4.74 Å². The van der Waals surface area contributed by atoms with Crippen molar-refractivity contribution in [2.45, 2.75) is 13.8 Å². The van der Waals surface area contributed by atoms with Gasteiger partial charge in [-0.25, -0.2) is 0 Å². The highest BCUT2D eigenvalue weighted by Crippen LogP contribution is 2.13. The highest BCUT2D eigenvalue weighted by Gasteiger charge is 2.10. The summed E-state index contributed by atoms with van der Waals surface area (Å²) >= 11 is 0. The quantitative estimate of drug-likeness (QED) is 0.671. The van der Waals surface area contributed by atoms with E-state index >= 15 is 0 Å². The van der Waals surface area contributed by atoms with E-state index in [-0.39, 0.29) is 0 Å². The van der Waals surface area contributed by atoms with Gasteiger partial charge < -0.3 is 4.74 Å². The first kappa shape index (κ1) is 13.0. The number of likely N-dealkylation sites (N-methyl/N-ethyl adjacent to an activating group) is 1. The molecule has 0 radical (unpaired) electrons. The second-order valence-electron chi connectivity index (χ2n) is 2.88. The van der Waals surface area contributed by atoms with Crippen LogP contribution in [0.4, 0.5) is 0 Å². The average molecular weight is 195 g/mol. The van der Waals surface area contributed by atoms with Gasteiger partial charge >= 0.3 is 0 Å². The van der Waals surface area contributed by atoms with Gasteiger partial charge in [-0.1, -0.05) is 33.1 Å². The molecule has 1 aliphatic rings. The van der Waals surface area contributed by atoms with Crippen molar-refractivity contribution in [1.29, 1.82) is 0 Å². The van der Waals surface area contributed by atoms with Gasteiger partial charge in [-0.05, 0) is 13.1 Å². The van der Waals surface area contributed by atoms with Crippen LogP contribution in [0.15, 0.2) is 36.6 Å². The Morgan fingerprint density at radius 1 is 1.29 bits per heavy atom. The van der Waals surface area contributed by atoms with Crippen LogP contribution >= 0.6 is 0 Å². The monoisotopic (exact) mass is 195 g/mol. The van der Waals surface area contributed by atoms with Gasteiger partial charge in [0.15, 0.2) is 0 Å². The molecule has 1 heterocycles. The standard InChI is InChI=1S/C10H15NO.C2H6/c1-4-9-8-11(3)6-7-12-10(9)5-2;1-2/h4-5H,1-2,6-8H2,3H3;1-2H3. The molecular weight excluding hydrogens is 174 g/mol. The molecule has 0 aromatic carbocycles. The summed E-state index contributed by atoms with van der Waals surface area (Å²) in [5.41, 5.74) is 1.12. The van der Waals surface area contributed by atoms with Crippen LogP contribution in [-0.2, 0) is 4.74 Å². The molecular formula is C12H21NO. The van der Waals surface area contributed by atoms with Gasteiger partial charge in [0.05, 0.1) is 0 Å². The van der Waals surface area contributed by atoms with Crippen molar-refractivity contribution in [3.05, 3.63) is 36.6 Å². The molecule has 80 valence electrons. The van der Waals surface area contributed by atoms with Crippen molar-refractivity contribution in [1.82, 2.24) is 4.90 Å². The lowest BCUT2D eigenvalue weighted by Crippen LogP contribution is -2.22. The largest absolute Gasteiger partial charge is 0.492 e. The lowest BCUT2D eigenvalue weighted by atomic mass is 10.2. The van der Waals surface area contributed by atoms with Gasteiger partial charge in [-0.15, -0.1) is 0 Å². The third-order valence-corrected chi connectivity index (χ3v) is 1.92. The Hall–Kier alpha value is -1.02. The second-order valence-corrected chi connectivity index (χ2v) is 2.88. The van der Waals surface area contributed by atoms with Crippen LogP contribution in [0.1, 0.15) is 13.8 Å². The van der Waals surface area contributed by atoms with Crippen LogP contribution in [0.3, 0.4) is 0 Å². The third kappa shape index (κ3) is 3.79. The van der Waals surface area contributed by atoms with E-state index in [1.54, 1.807) is 6.08 Å². The summed E-state index contributed by atoms with van der Waals surface area (Å²) < 4.78 is 5.47. The maximum Gasteiger partial charge on any atom is 0.123 e. The van der Waals surface area contributed by atoms with Gasteiger partial charge in [0.25, 0.3) is 0 Å². The van der Waals surface area contributed by atoms with Crippen LogP contribution in [0.25, 0.3) is 0 Å². The molecule has 0 atom stereocenters. The molecule has 0 bridgehead atoms. The minimum atomic E-state index is 0.731. The van der Waals surface area contributed by atoms with Crippen LogP contribution < -0.4 is 0 Å². The molecule has 0 spiro atoms. The van der Waals surface area contributed by atoms with E-state index < -0.39 is 0 Å². The van der Waals surface area contributed by atoms with Crippen LogP contribution in [0.5, 0.6) is 0 Å². The van der Waals surface area contributed by atoms with E-state index in [2.05, 4.69) is 25.1 Å². The average Bonchev–Trinajstić information content (AvgIpc) is 2.42. The summed E-state index contributed by atoms with van der Waals surface area (Å²) in [5.74, 6) is 0.870. The molecule has 0 amide bonds. The molecule has 14 heavy (non-hydrogen) atoms. The van der Waals surface area contributed by atoms with Gasteiger partial charge in [-0.3, -0.25) is 4.90 Å². The summed E-state index contributed by atoms with van der Waals surface area (Å²) in [4.78, 5) is 2.20. The maximum atomic E-state index is 5.47. The molecule has 0 saturated carbocycles. The van der Waals surface area contributed by atoms with Crippen LogP contribution in [0, 0.1) is 0 Å². The number of hydrogen-bond acceptors (Lipinski definition) is 2. The van der Waals surface area contributed by atoms with Gasteiger partial charge in [-0.2, -0.15) is 0 Å². The number of hydrogen-bond donors (Lipinski definition) is 0. The fourth-order valence-electron chi connectivity index (χ4n) is 1.21. The van der Waals surface area contributed by atoms with Gasteiger partial charge in [0.2, 0.25) is 0 Å². The van der Waals surface area contributed by atoms with E-state index in [0.717, 1.165) is 31.0 Å². The lowest BCUT2D eigenvalue weighted by molar-refractivity contribution is 0.203. The zero-order valence-corrected chi connectivity index (χ0v) is 9.55. The number of nitrogens with zero attached hydrogens (tertiary/aromatic N) is 1. The Morgan fingerprint density at radius 3 is 2.43 bits per heavy atom. The zero-order valence-electron chi connectivity index (χ0n) is 9.55. The normalized spacial score (nSPS) is 17.4. The van der Waals surface area contributed by atoms with E-state index in [1.165, 1.54) is 0 Å². The molecule has 0 N–H and O–H groups in total. The molecule has 2 heteroatoms. The van der Waals surface area contributed by atoms with E-state index in [4.69, 9.17) is 4.74 Å². The fourth-order valence-corrected chi connectivity index (χ4v) is 1.21. The Morgan fingerprint density at radius 2 is 1.93 bits per heavy atom. The molecule has 0 fully saturated rings. The molecule has 0 unspecified atom stereocenters. The third-order valence-electron chi connectivity index (χ3n) is 1.92. The Kier molecular flexibility index (Phi) is 6.85. The van der Waals surface area contributed by atoms with Crippen molar-refractivity contribution in [3.8, 4) is 0 Å². The molecule has 0 aromatic rings. The van der Waals surface area contributed by atoms with Crippen molar-refractivity contribution in [2.24, 2.45) is 0 Å². The number of rotatable bonds is 2. The smallest absolute Gasteiger partial charge is 0.123 e. The maximum absolute atomic E-state index is 5.47. The Balaban J connectivity index is 0.000000791. The molecule has 0 aliphatic carbocycles. The Bertz CT molecular complexity index is 218. The number of allylic oxidation sites excluding steroid dienone is 1. The van der Waals surface area contributed by atoms with E-state index in [1.807, 2.05) is 19.9 Å². The van der Waals surface area contributed by atoms with Crippen molar-refractivity contribution >= 4 is 0 Å². The SMILES string of the molecule is C=CC1=C(C=C)OCCN(C)C1.CC. The van der Waals surface area contributed by atoms with Crippen molar-refractivity contribution in [2.75, 3.05) is 26.7 Å². The summed E-state index contributed by atoms with van der Waals surface area (Å²) in [6.45, 7) is 14.0. The minimum Gasteiger partial charge on any atom is -0.492 e. The predicted molar refractivity (Wildman–Crippen MR) is 62.2 cm³/mol. The van der Waals surface area contributed by atoms with Crippen LogP contribution in [0.2, 0.25) is 0 Å². The molecule has 2 nitrogen and oxygen atoms in total. The van der Waals surface area contributed by atoms with Gasteiger partial charge in [0, 0.05) is 18.7 Å². The predicted octanol–water partition coefficient (Wildman–Crippen LogP) is 2.60. The first-order valence-electron chi connectivity index (χ1n) is 5.07. The second kappa shape index (κ2) is 7.39. The summed E-state index contributed by atoms with van der Waals surface area (Å²) in [7, 11) is 2.07. The summed E-state index contributed by atoms with van der Waals surface area (Å²) in [6, 6.07) is 0. The first-order valence-corrected chi connectivity index (χ1v) is 5.07. The van der Waals surface area contributed by atoms with Gasteiger partial charge in [0.1, 0.15) is 12.4 Å². The summed E-state index contributed by atoms with van der Waals surface area (Å²) in [5, 5.41) is 0. The highest BCUT2D eigenvalue weighted by atomic mass is 16.5. The van der Waals surface area contributed by atoms with Crippen molar-refractivity contribution in [3.63, 3.8) is 0 Å². The Labute approximate surface area is 87.6 Å². The van der Waals surface area contributed by atoms with E-state index in [9.17, 15) is 0 Å². The minimum absolute atomic E-state index is 0.731. The summed E-state index contributed by atoms with van der Waals surface area (Å²) in [6.07, 6.45) is 3.58. The molecule has 1 aliphatic heterocycles. The fraction of sp³-hybridized carbons (Fsp3) is 0.500. The molecule has 0 aromatic heterocycles. The topological polar surface area (TPSA) is 12.5 Å².